The molecule has 1 fully saturated rings. The van der Waals surface area contributed by atoms with E-state index in [4.69, 9.17) is 4.74 Å². The molecule has 0 spiro atoms. The highest BCUT2D eigenvalue weighted by molar-refractivity contribution is 7.89. The van der Waals surface area contributed by atoms with Crippen LogP contribution in [-0.2, 0) is 21.3 Å². The molecule has 1 atom stereocenters. The van der Waals surface area contributed by atoms with E-state index in [0.717, 1.165) is 12.1 Å². The van der Waals surface area contributed by atoms with Gasteiger partial charge in [-0.05, 0) is 37.8 Å². The van der Waals surface area contributed by atoms with E-state index in [1.165, 1.54) is 12.8 Å². The smallest absolute Gasteiger partial charge is 0.258 e. The first-order valence-electron chi connectivity index (χ1n) is 7.21. The van der Waals surface area contributed by atoms with Crippen LogP contribution in [0.25, 0.3) is 0 Å². The van der Waals surface area contributed by atoms with Crippen molar-refractivity contribution in [1.82, 2.24) is 15.0 Å². The second-order valence-electron chi connectivity index (χ2n) is 5.46. The molecule has 1 heterocycles. The van der Waals surface area contributed by atoms with Crippen LogP contribution >= 0.6 is 0 Å². The lowest BCUT2D eigenvalue weighted by Crippen LogP contribution is -2.33. The highest BCUT2D eigenvalue weighted by Crippen LogP contribution is 2.19. The van der Waals surface area contributed by atoms with Crippen molar-refractivity contribution >= 4 is 10.0 Å². The summed E-state index contributed by atoms with van der Waals surface area (Å²) in [6, 6.07) is 3.79. The molecule has 2 N–H and O–H groups in total. The average molecular weight is 313 g/mol. The van der Waals surface area contributed by atoms with Crippen molar-refractivity contribution in [2.24, 2.45) is 0 Å². The first kappa shape index (κ1) is 16.4. The molecule has 0 aliphatic heterocycles. The summed E-state index contributed by atoms with van der Waals surface area (Å²) in [6.07, 6.45) is 4.69. The summed E-state index contributed by atoms with van der Waals surface area (Å²) in [4.78, 5) is 4.06. The Bertz CT molecular complexity index is 541. The third kappa shape index (κ3) is 5.35. The molecule has 1 aromatic rings. The number of rotatable bonds is 9. The van der Waals surface area contributed by atoms with Crippen LogP contribution < -0.4 is 10.0 Å². The van der Waals surface area contributed by atoms with Crippen LogP contribution in [0.15, 0.2) is 23.4 Å². The highest BCUT2D eigenvalue weighted by Gasteiger charge is 2.21. The number of methoxy groups -OCH3 is 1. The van der Waals surface area contributed by atoms with Crippen LogP contribution in [0.1, 0.15) is 31.7 Å². The van der Waals surface area contributed by atoms with Gasteiger partial charge in [0.1, 0.15) is 0 Å². The molecule has 0 bridgehead atoms. The van der Waals surface area contributed by atoms with E-state index < -0.39 is 10.0 Å². The Morgan fingerprint density at radius 3 is 2.76 bits per heavy atom. The number of nitrogens with zero attached hydrogens (tertiary/aromatic N) is 1. The molecule has 1 saturated carbocycles. The van der Waals surface area contributed by atoms with Gasteiger partial charge in [0.05, 0.1) is 0 Å². The first-order chi connectivity index (χ1) is 10.0. The Labute approximate surface area is 126 Å². The standard InChI is InChI=1S/C14H23N3O3S/c1-11(7-8-20-2)17-21(18,19)14-6-3-12(10-16-14)9-15-13-4-5-13/h3,6,10-11,13,15,17H,4-5,7-9H2,1-2H3. The van der Waals surface area contributed by atoms with Gasteiger partial charge in [0.2, 0.25) is 0 Å². The van der Waals surface area contributed by atoms with Crippen molar-refractivity contribution in [3.63, 3.8) is 0 Å². The number of pyridine rings is 1. The van der Waals surface area contributed by atoms with E-state index in [1.54, 1.807) is 25.4 Å². The third-order valence-corrected chi connectivity index (χ3v) is 4.86. The maximum atomic E-state index is 12.2. The summed E-state index contributed by atoms with van der Waals surface area (Å²) in [5, 5.41) is 3.42. The molecule has 0 saturated heterocycles. The second kappa shape index (κ2) is 7.31. The Hall–Kier alpha value is -1.02. The van der Waals surface area contributed by atoms with E-state index in [9.17, 15) is 8.42 Å². The van der Waals surface area contributed by atoms with E-state index >= 15 is 0 Å². The van der Waals surface area contributed by atoms with Crippen LogP contribution in [0.5, 0.6) is 0 Å². The van der Waals surface area contributed by atoms with Crippen LogP contribution in [0.2, 0.25) is 0 Å². The summed E-state index contributed by atoms with van der Waals surface area (Å²) in [6.45, 7) is 3.06. The van der Waals surface area contributed by atoms with Crippen molar-refractivity contribution in [2.75, 3.05) is 13.7 Å². The minimum absolute atomic E-state index is 0.0574. The average Bonchev–Trinajstić information content (AvgIpc) is 3.27. The van der Waals surface area contributed by atoms with E-state index in [1.807, 2.05) is 6.92 Å². The second-order valence-corrected chi connectivity index (χ2v) is 7.12. The predicted octanol–water partition coefficient (Wildman–Crippen LogP) is 1.04. The van der Waals surface area contributed by atoms with Crippen molar-refractivity contribution in [3.05, 3.63) is 23.9 Å². The van der Waals surface area contributed by atoms with Crippen LogP contribution in [0, 0.1) is 0 Å². The Morgan fingerprint density at radius 1 is 1.43 bits per heavy atom. The van der Waals surface area contributed by atoms with Gasteiger partial charge in [-0.15, -0.1) is 0 Å². The summed E-state index contributed by atoms with van der Waals surface area (Å²) in [5.74, 6) is 0. The number of hydrogen-bond acceptors (Lipinski definition) is 5. The largest absolute Gasteiger partial charge is 0.385 e. The Kier molecular flexibility index (Phi) is 5.69. The molecule has 2 rings (SSSR count). The molecule has 118 valence electrons. The molecule has 7 heteroatoms. The number of nitrogens with one attached hydrogen (secondary N) is 2. The molecular formula is C14H23N3O3S. The fourth-order valence-electron chi connectivity index (χ4n) is 1.90. The van der Waals surface area contributed by atoms with Crippen molar-refractivity contribution in [3.8, 4) is 0 Å². The van der Waals surface area contributed by atoms with Crippen molar-refractivity contribution in [2.45, 2.75) is 49.8 Å². The fourth-order valence-corrected chi connectivity index (χ4v) is 3.11. The molecule has 0 radical (unpaired) electrons. The summed E-state index contributed by atoms with van der Waals surface area (Å²) < 4.78 is 31.9. The van der Waals surface area contributed by atoms with Gasteiger partial charge >= 0.3 is 0 Å². The van der Waals surface area contributed by atoms with E-state index in [-0.39, 0.29) is 11.1 Å². The lowest BCUT2D eigenvalue weighted by atomic mass is 10.3. The van der Waals surface area contributed by atoms with Crippen molar-refractivity contribution in [1.29, 1.82) is 0 Å². The molecule has 1 aromatic heterocycles. The SMILES string of the molecule is COCCC(C)NS(=O)(=O)c1ccc(CNC2CC2)cn1. The van der Waals surface area contributed by atoms with Gasteiger partial charge in [0.25, 0.3) is 10.0 Å². The molecule has 0 amide bonds. The summed E-state index contributed by atoms with van der Waals surface area (Å²) >= 11 is 0. The summed E-state index contributed by atoms with van der Waals surface area (Å²) in [5.41, 5.74) is 0.994. The number of ether oxygens (including phenoxy) is 1. The third-order valence-electron chi connectivity index (χ3n) is 3.36. The van der Waals surface area contributed by atoms with Crippen molar-refractivity contribution < 1.29 is 13.2 Å². The van der Waals surface area contributed by atoms with Gasteiger partial charge in [-0.3, -0.25) is 0 Å². The normalized spacial score (nSPS) is 16.9. The van der Waals surface area contributed by atoms with Gasteiger partial charge in [-0.2, -0.15) is 0 Å². The zero-order valence-electron chi connectivity index (χ0n) is 12.5. The maximum Gasteiger partial charge on any atom is 0.258 e. The molecule has 6 nitrogen and oxygen atoms in total. The van der Waals surface area contributed by atoms with Gasteiger partial charge < -0.3 is 10.1 Å². The first-order valence-corrected chi connectivity index (χ1v) is 8.69. The topological polar surface area (TPSA) is 80.3 Å². The highest BCUT2D eigenvalue weighted by atomic mass is 32.2. The molecular weight excluding hydrogens is 290 g/mol. The Morgan fingerprint density at radius 2 is 2.19 bits per heavy atom. The molecule has 21 heavy (non-hydrogen) atoms. The Balaban J connectivity index is 1.92. The van der Waals surface area contributed by atoms with Crippen LogP contribution in [0.4, 0.5) is 0 Å². The summed E-state index contributed by atoms with van der Waals surface area (Å²) in [7, 11) is -1.97. The quantitative estimate of drug-likeness (QED) is 0.712. The number of aromatic nitrogens is 1. The molecule has 1 unspecified atom stereocenters. The maximum absolute atomic E-state index is 12.2. The van der Waals surface area contributed by atoms with Crippen LogP contribution in [0.3, 0.4) is 0 Å². The number of sulfonamides is 1. The van der Waals surface area contributed by atoms with Gasteiger partial charge in [0, 0.05) is 38.5 Å². The minimum atomic E-state index is -3.56. The lowest BCUT2D eigenvalue weighted by Gasteiger charge is -2.13. The fraction of sp³-hybridized carbons (Fsp3) is 0.643. The lowest BCUT2D eigenvalue weighted by molar-refractivity contribution is 0.188. The predicted molar refractivity (Wildman–Crippen MR) is 80.4 cm³/mol. The molecule has 1 aliphatic rings. The van der Waals surface area contributed by atoms with Gasteiger partial charge in [-0.25, -0.2) is 18.1 Å². The van der Waals surface area contributed by atoms with Gasteiger partial charge in [0.15, 0.2) is 5.03 Å². The monoisotopic (exact) mass is 313 g/mol. The van der Waals surface area contributed by atoms with Crippen LogP contribution in [-0.4, -0.2) is 39.2 Å². The molecule has 0 aromatic carbocycles. The van der Waals surface area contributed by atoms with E-state index in [0.29, 0.717) is 19.1 Å². The number of hydrogen-bond donors (Lipinski definition) is 2. The zero-order chi connectivity index (χ0) is 15.3. The zero-order valence-corrected chi connectivity index (χ0v) is 13.3. The molecule has 1 aliphatic carbocycles. The van der Waals surface area contributed by atoms with Gasteiger partial charge in [-0.1, -0.05) is 6.07 Å². The van der Waals surface area contributed by atoms with E-state index in [2.05, 4.69) is 15.0 Å². The minimum Gasteiger partial charge on any atom is -0.385 e.